The molecule has 0 saturated carbocycles. The van der Waals surface area contributed by atoms with Gasteiger partial charge in [-0.1, -0.05) is 6.92 Å². The zero-order valence-electron chi connectivity index (χ0n) is 14.0. The van der Waals surface area contributed by atoms with E-state index in [1.165, 1.54) is 0 Å². The monoisotopic (exact) mass is 320 g/mol. The third-order valence-electron chi connectivity index (χ3n) is 4.87. The molecule has 1 unspecified atom stereocenters. The van der Waals surface area contributed by atoms with Crippen LogP contribution in [0.3, 0.4) is 0 Å². The summed E-state index contributed by atoms with van der Waals surface area (Å²) in [6, 6.07) is 2.14. The van der Waals surface area contributed by atoms with Crippen molar-refractivity contribution >= 4 is 5.91 Å². The highest BCUT2D eigenvalue weighted by molar-refractivity contribution is 5.95. The second-order valence-electron chi connectivity index (χ2n) is 6.44. The maximum atomic E-state index is 12.4. The van der Waals surface area contributed by atoms with Gasteiger partial charge in [0.25, 0.3) is 5.91 Å². The molecular weight excluding hydrogens is 292 g/mol. The van der Waals surface area contributed by atoms with Crippen LogP contribution in [-0.4, -0.2) is 79.2 Å². The molecule has 0 bridgehead atoms. The van der Waals surface area contributed by atoms with E-state index in [1.807, 2.05) is 12.3 Å². The maximum Gasteiger partial charge on any atom is 0.253 e. The Morgan fingerprint density at radius 2 is 2.09 bits per heavy atom. The Kier molecular flexibility index (Phi) is 5.70. The lowest BCUT2D eigenvalue weighted by molar-refractivity contribution is 0.0343. The van der Waals surface area contributed by atoms with E-state index < -0.39 is 0 Å². The lowest BCUT2D eigenvalue weighted by Crippen LogP contribution is -2.42. The Bertz CT molecular complexity index is 510. The standard InChI is InChI=1S/C17H28N4O2/c1-2-16-15(3-5-18-16)17(22)19-14-4-6-21(13-14)8-7-20-9-11-23-12-10-20/h3,5,14,18H,2,4,6-13H2,1H3,(H,19,22). The van der Waals surface area contributed by atoms with Crippen LogP contribution < -0.4 is 5.32 Å². The first-order valence-electron chi connectivity index (χ1n) is 8.76. The van der Waals surface area contributed by atoms with Gasteiger partial charge in [-0.15, -0.1) is 0 Å². The van der Waals surface area contributed by atoms with E-state index in [0.717, 1.165) is 76.6 Å². The van der Waals surface area contributed by atoms with Crippen LogP contribution in [0.5, 0.6) is 0 Å². The molecule has 3 rings (SSSR count). The average Bonchev–Trinajstić information content (AvgIpc) is 3.22. The lowest BCUT2D eigenvalue weighted by atomic mass is 10.1. The van der Waals surface area contributed by atoms with Gasteiger partial charge in [0.05, 0.1) is 18.8 Å². The topological polar surface area (TPSA) is 60.6 Å². The molecule has 23 heavy (non-hydrogen) atoms. The molecule has 2 fully saturated rings. The summed E-state index contributed by atoms with van der Waals surface area (Å²) in [7, 11) is 0. The number of carbonyl (C=O) groups excluding carboxylic acids is 1. The Morgan fingerprint density at radius 1 is 1.30 bits per heavy atom. The number of carbonyl (C=O) groups is 1. The Hall–Kier alpha value is -1.37. The molecular formula is C17H28N4O2. The highest BCUT2D eigenvalue weighted by Gasteiger charge is 2.25. The van der Waals surface area contributed by atoms with Crippen molar-refractivity contribution in [2.24, 2.45) is 0 Å². The summed E-state index contributed by atoms with van der Waals surface area (Å²) >= 11 is 0. The summed E-state index contributed by atoms with van der Waals surface area (Å²) in [6.45, 7) is 10.1. The molecule has 0 aromatic carbocycles. The SMILES string of the molecule is CCc1[nH]ccc1C(=O)NC1CCN(CCN2CCOCC2)C1. The minimum atomic E-state index is 0.0585. The fourth-order valence-corrected chi connectivity index (χ4v) is 3.43. The van der Waals surface area contributed by atoms with Crippen LogP contribution in [0.1, 0.15) is 29.4 Å². The van der Waals surface area contributed by atoms with Crippen molar-refractivity contribution in [2.75, 3.05) is 52.5 Å². The zero-order valence-corrected chi connectivity index (χ0v) is 14.0. The van der Waals surface area contributed by atoms with Gasteiger partial charge < -0.3 is 15.0 Å². The Morgan fingerprint density at radius 3 is 2.87 bits per heavy atom. The molecule has 6 nitrogen and oxygen atoms in total. The van der Waals surface area contributed by atoms with Crippen molar-refractivity contribution in [1.82, 2.24) is 20.1 Å². The molecule has 2 saturated heterocycles. The number of hydrogen-bond acceptors (Lipinski definition) is 4. The minimum absolute atomic E-state index is 0.0585. The summed E-state index contributed by atoms with van der Waals surface area (Å²) < 4.78 is 5.38. The largest absolute Gasteiger partial charge is 0.379 e. The van der Waals surface area contributed by atoms with Gasteiger partial charge >= 0.3 is 0 Å². The zero-order chi connectivity index (χ0) is 16.1. The van der Waals surface area contributed by atoms with Crippen molar-refractivity contribution in [2.45, 2.75) is 25.8 Å². The van der Waals surface area contributed by atoms with Gasteiger partial charge in [-0.05, 0) is 18.9 Å². The number of nitrogens with one attached hydrogen (secondary N) is 2. The van der Waals surface area contributed by atoms with Gasteiger partial charge in [0.15, 0.2) is 0 Å². The number of likely N-dealkylation sites (tertiary alicyclic amines) is 1. The fourth-order valence-electron chi connectivity index (χ4n) is 3.43. The number of ether oxygens (including phenoxy) is 1. The van der Waals surface area contributed by atoms with Gasteiger partial charge in [-0.25, -0.2) is 0 Å². The summed E-state index contributed by atoms with van der Waals surface area (Å²) in [6.07, 6.45) is 3.74. The summed E-state index contributed by atoms with van der Waals surface area (Å²) in [5, 5.41) is 3.19. The maximum absolute atomic E-state index is 12.4. The average molecular weight is 320 g/mol. The van der Waals surface area contributed by atoms with Crippen molar-refractivity contribution in [3.63, 3.8) is 0 Å². The number of rotatable bonds is 6. The first-order chi connectivity index (χ1) is 11.3. The van der Waals surface area contributed by atoms with E-state index >= 15 is 0 Å². The molecule has 1 aromatic rings. The molecule has 1 aromatic heterocycles. The third kappa shape index (κ3) is 4.34. The molecule has 2 N–H and O–H groups in total. The van der Waals surface area contributed by atoms with Crippen LogP contribution in [0.4, 0.5) is 0 Å². The summed E-state index contributed by atoms with van der Waals surface area (Å²) in [4.78, 5) is 20.4. The smallest absolute Gasteiger partial charge is 0.253 e. The number of amides is 1. The number of aryl methyl sites for hydroxylation is 1. The van der Waals surface area contributed by atoms with E-state index in [-0.39, 0.29) is 11.9 Å². The van der Waals surface area contributed by atoms with E-state index in [2.05, 4.69) is 27.0 Å². The van der Waals surface area contributed by atoms with Gasteiger partial charge in [-0.3, -0.25) is 14.6 Å². The first kappa shape index (κ1) is 16.5. The van der Waals surface area contributed by atoms with Crippen LogP contribution in [0, 0.1) is 0 Å². The van der Waals surface area contributed by atoms with Crippen LogP contribution >= 0.6 is 0 Å². The normalized spacial score (nSPS) is 23.3. The molecule has 3 heterocycles. The van der Waals surface area contributed by atoms with Crippen LogP contribution in [0.25, 0.3) is 0 Å². The summed E-state index contributed by atoms with van der Waals surface area (Å²) in [5.41, 5.74) is 1.81. The second-order valence-corrected chi connectivity index (χ2v) is 6.44. The Balaban J connectivity index is 1.41. The van der Waals surface area contributed by atoms with Gasteiger partial charge in [-0.2, -0.15) is 0 Å². The molecule has 128 valence electrons. The van der Waals surface area contributed by atoms with Crippen molar-refractivity contribution in [3.8, 4) is 0 Å². The third-order valence-corrected chi connectivity index (χ3v) is 4.87. The van der Waals surface area contributed by atoms with E-state index in [9.17, 15) is 4.79 Å². The van der Waals surface area contributed by atoms with Crippen LogP contribution in [0.15, 0.2) is 12.3 Å². The van der Waals surface area contributed by atoms with Crippen LogP contribution in [0.2, 0.25) is 0 Å². The van der Waals surface area contributed by atoms with Crippen molar-refractivity contribution in [3.05, 3.63) is 23.5 Å². The first-order valence-corrected chi connectivity index (χ1v) is 8.76. The highest BCUT2D eigenvalue weighted by Crippen LogP contribution is 2.12. The second kappa shape index (κ2) is 7.95. The number of hydrogen-bond donors (Lipinski definition) is 2. The van der Waals surface area contributed by atoms with Gasteiger partial charge in [0.1, 0.15) is 0 Å². The van der Waals surface area contributed by atoms with Crippen LogP contribution in [-0.2, 0) is 11.2 Å². The number of morpholine rings is 1. The summed E-state index contributed by atoms with van der Waals surface area (Å²) in [5.74, 6) is 0.0585. The van der Waals surface area contributed by atoms with Gasteiger partial charge in [0, 0.05) is 57.2 Å². The van der Waals surface area contributed by atoms with Gasteiger partial charge in [0.2, 0.25) is 0 Å². The Labute approximate surface area is 138 Å². The van der Waals surface area contributed by atoms with E-state index in [0.29, 0.717) is 0 Å². The molecule has 1 amide bonds. The minimum Gasteiger partial charge on any atom is -0.379 e. The predicted octanol–water partition coefficient (Wildman–Crippen LogP) is 0.713. The molecule has 2 aliphatic rings. The molecule has 6 heteroatoms. The number of nitrogens with zero attached hydrogens (tertiary/aromatic N) is 2. The molecule has 0 radical (unpaired) electrons. The fraction of sp³-hybridized carbons (Fsp3) is 0.706. The molecule has 1 atom stereocenters. The number of H-pyrrole nitrogens is 1. The van der Waals surface area contributed by atoms with E-state index in [4.69, 9.17) is 4.74 Å². The highest BCUT2D eigenvalue weighted by atomic mass is 16.5. The predicted molar refractivity (Wildman–Crippen MR) is 89.7 cm³/mol. The van der Waals surface area contributed by atoms with Crippen molar-refractivity contribution in [1.29, 1.82) is 0 Å². The molecule has 0 aliphatic carbocycles. The van der Waals surface area contributed by atoms with Crippen molar-refractivity contribution < 1.29 is 9.53 Å². The molecule has 0 spiro atoms. The molecule has 2 aliphatic heterocycles. The van der Waals surface area contributed by atoms with E-state index in [1.54, 1.807) is 0 Å². The lowest BCUT2D eigenvalue weighted by Gasteiger charge is -2.28. The number of aromatic amines is 1. The number of aromatic nitrogens is 1. The quantitative estimate of drug-likeness (QED) is 0.811.